The first-order valence-corrected chi connectivity index (χ1v) is 16.2. The molecule has 1 amide bonds. The number of carbonyl (C=O) groups is 4. The normalized spacial score (nSPS) is 17.4. The Morgan fingerprint density at radius 3 is 1.71 bits per heavy atom. The number of likely N-dealkylation sites (tertiary alicyclic amines) is 1. The van der Waals surface area contributed by atoms with Gasteiger partial charge in [-0.15, -0.1) is 0 Å². The SMILES string of the molecule is CC(=O)CCCCCCC(=O)CN(CC(=O)CCCCCCC(=O)N1C[C@H](OC(C)C)C[C@H]1COC(C)C)C(C)C. The Labute approximate surface area is 250 Å². The first-order valence-electron chi connectivity index (χ1n) is 16.2. The molecule has 0 aliphatic carbocycles. The lowest BCUT2D eigenvalue weighted by Gasteiger charge is -2.25. The van der Waals surface area contributed by atoms with Crippen LogP contribution in [0.4, 0.5) is 0 Å². The minimum absolute atomic E-state index is 0.0648. The van der Waals surface area contributed by atoms with E-state index < -0.39 is 0 Å². The summed E-state index contributed by atoms with van der Waals surface area (Å²) in [7, 11) is 0. The van der Waals surface area contributed by atoms with Gasteiger partial charge in [0, 0.05) is 38.3 Å². The van der Waals surface area contributed by atoms with Crippen LogP contribution in [0.1, 0.15) is 132 Å². The molecule has 0 bridgehead atoms. The van der Waals surface area contributed by atoms with Gasteiger partial charge in [0.15, 0.2) is 0 Å². The van der Waals surface area contributed by atoms with Crippen LogP contribution >= 0.6 is 0 Å². The third kappa shape index (κ3) is 17.8. The highest BCUT2D eigenvalue weighted by Crippen LogP contribution is 2.24. The van der Waals surface area contributed by atoms with Crippen LogP contribution in [0.25, 0.3) is 0 Å². The molecule has 1 heterocycles. The van der Waals surface area contributed by atoms with Crippen molar-refractivity contribution in [1.82, 2.24) is 9.80 Å². The summed E-state index contributed by atoms with van der Waals surface area (Å²) >= 11 is 0. The van der Waals surface area contributed by atoms with Gasteiger partial charge in [0.25, 0.3) is 0 Å². The number of ether oxygens (including phenoxy) is 2. The zero-order valence-corrected chi connectivity index (χ0v) is 27.3. The number of amides is 1. The van der Waals surface area contributed by atoms with Gasteiger partial charge >= 0.3 is 0 Å². The molecule has 1 aliphatic heterocycles. The maximum Gasteiger partial charge on any atom is 0.222 e. The number of hydrogen-bond donors (Lipinski definition) is 0. The minimum atomic E-state index is 0.0648. The largest absolute Gasteiger partial charge is 0.377 e. The molecule has 2 atom stereocenters. The van der Waals surface area contributed by atoms with Crippen LogP contribution in [0.15, 0.2) is 0 Å². The number of nitrogens with zero attached hydrogens (tertiary/aromatic N) is 2. The van der Waals surface area contributed by atoms with Crippen LogP contribution in [0, 0.1) is 0 Å². The van der Waals surface area contributed by atoms with E-state index in [4.69, 9.17) is 9.47 Å². The van der Waals surface area contributed by atoms with Gasteiger partial charge in [-0.05, 0) is 80.6 Å². The Bertz CT molecular complexity index is 782. The minimum Gasteiger partial charge on any atom is -0.377 e. The molecule has 1 rings (SSSR count). The van der Waals surface area contributed by atoms with Crippen molar-refractivity contribution in [3.63, 3.8) is 0 Å². The number of hydrogen-bond acceptors (Lipinski definition) is 7. The average Bonchev–Trinajstić information content (AvgIpc) is 3.28. The molecule has 1 aliphatic rings. The van der Waals surface area contributed by atoms with Crippen molar-refractivity contribution in [3.05, 3.63) is 0 Å². The van der Waals surface area contributed by atoms with Gasteiger partial charge in [0.05, 0.1) is 44.1 Å². The molecule has 0 saturated carbocycles. The molecule has 1 saturated heterocycles. The van der Waals surface area contributed by atoms with Crippen LogP contribution < -0.4 is 0 Å². The van der Waals surface area contributed by atoms with Gasteiger partial charge in [-0.1, -0.05) is 25.7 Å². The summed E-state index contributed by atoms with van der Waals surface area (Å²) in [6.07, 6.45) is 10.5. The van der Waals surface area contributed by atoms with Gasteiger partial charge < -0.3 is 19.2 Å². The quantitative estimate of drug-likeness (QED) is 0.131. The molecule has 0 aromatic rings. The Kier molecular flexibility index (Phi) is 19.3. The summed E-state index contributed by atoms with van der Waals surface area (Å²) < 4.78 is 11.8. The molecule has 8 nitrogen and oxygen atoms in total. The lowest BCUT2D eigenvalue weighted by atomic mass is 10.1. The van der Waals surface area contributed by atoms with Gasteiger partial charge in [0.1, 0.15) is 17.3 Å². The van der Waals surface area contributed by atoms with Gasteiger partial charge in [-0.2, -0.15) is 0 Å². The van der Waals surface area contributed by atoms with E-state index in [-0.39, 0.29) is 53.7 Å². The lowest BCUT2D eigenvalue weighted by molar-refractivity contribution is -0.134. The van der Waals surface area contributed by atoms with Crippen LogP contribution in [-0.2, 0) is 28.7 Å². The first-order chi connectivity index (χ1) is 19.4. The van der Waals surface area contributed by atoms with E-state index in [0.717, 1.165) is 57.8 Å². The Morgan fingerprint density at radius 2 is 1.24 bits per heavy atom. The van der Waals surface area contributed by atoms with Crippen molar-refractivity contribution in [2.24, 2.45) is 0 Å². The third-order valence-corrected chi connectivity index (χ3v) is 7.60. The average molecular weight is 581 g/mol. The zero-order chi connectivity index (χ0) is 30.8. The van der Waals surface area contributed by atoms with Crippen molar-refractivity contribution in [2.45, 2.75) is 162 Å². The highest BCUT2D eigenvalue weighted by Gasteiger charge is 2.36. The van der Waals surface area contributed by atoms with E-state index in [2.05, 4.69) is 0 Å². The van der Waals surface area contributed by atoms with Crippen LogP contribution in [-0.4, -0.2) is 89.7 Å². The van der Waals surface area contributed by atoms with Gasteiger partial charge in [-0.3, -0.25) is 19.3 Å². The predicted octanol–water partition coefficient (Wildman–Crippen LogP) is 5.92. The highest BCUT2D eigenvalue weighted by atomic mass is 16.5. The van der Waals surface area contributed by atoms with Gasteiger partial charge in [0.2, 0.25) is 5.91 Å². The van der Waals surface area contributed by atoms with E-state index in [1.165, 1.54) is 0 Å². The molecule has 0 radical (unpaired) electrons. The molecule has 8 heteroatoms. The van der Waals surface area contributed by atoms with Crippen LogP contribution in [0.5, 0.6) is 0 Å². The second kappa shape index (κ2) is 21.1. The Hall–Kier alpha value is -1.64. The lowest BCUT2D eigenvalue weighted by Crippen LogP contribution is -2.39. The second-order valence-corrected chi connectivity index (χ2v) is 12.7. The van der Waals surface area contributed by atoms with E-state index in [1.54, 1.807) is 6.92 Å². The molecule has 41 heavy (non-hydrogen) atoms. The zero-order valence-electron chi connectivity index (χ0n) is 27.3. The summed E-state index contributed by atoms with van der Waals surface area (Å²) in [5, 5.41) is 0. The summed E-state index contributed by atoms with van der Waals surface area (Å²) in [6, 6.07) is 0.204. The maximum absolute atomic E-state index is 13.0. The Morgan fingerprint density at radius 1 is 0.732 bits per heavy atom. The number of ketones is 3. The molecular formula is C33H60N2O6. The van der Waals surface area contributed by atoms with E-state index in [0.29, 0.717) is 51.9 Å². The van der Waals surface area contributed by atoms with Gasteiger partial charge in [-0.25, -0.2) is 0 Å². The van der Waals surface area contributed by atoms with Crippen molar-refractivity contribution in [1.29, 1.82) is 0 Å². The number of rotatable bonds is 24. The van der Waals surface area contributed by atoms with E-state index in [1.807, 2.05) is 51.3 Å². The fourth-order valence-electron chi connectivity index (χ4n) is 5.30. The monoisotopic (exact) mass is 580 g/mol. The molecule has 0 spiro atoms. The fraction of sp³-hybridized carbons (Fsp3) is 0.879. The van der Waals surface area contributed by atoms with E-state index in [9.17, 15) is 19.2 Å². The summed E-state index contributed by atoms with van der Waals surface area (Å²) in [6.45, 7) is 15.6. The third-order valence-electron chi connectivity index (χ3n) is 7.60. The topological polar surface area (TPSA) is 93.2 Å². The summed E-state index contributed by atoms with van der Waals surface area (Å²) in [5.74, 6) is 0.744. The molecular weight excluding hydrogens is 520 g/mol. The van der Waals surface area contributed by atoms with E-state index >= 15 is 0 Å². The fourth-order valence-corrected chi connectivity index (χ4v) is 5.30. The van der Waals surface area contributed by atoms with Crippen molar-refractivity contribution in [2.75, 3.05) is 26.2 Å². The molecule has 0 N–H and O–H groups in total. The molecule has 238 valence electrons. The number of unbranched alkanes of at least 4 members (excludes halogenated alkanes) is 6. The summed E-state index contributed by atoms with van der Waals surface area (Å²) in [4.78, 5) is 53.0. The van der Waals surface area contributed by atoms with Crippen molar-refractivity contribution in [3.8, 4) is 0 Å². The van der Waals surface area contributed by atoms with Crippen LogP contribution in [0.3, 0.4) is 0 Å². The van der Waals surface area contributed by atoms with Crippen LogP contribution in [0.2, 0.25) is 0 Å². The second-order valence-electron chi connectivity index (χ2n) is 12.7. The summed E-state index contributed by atoms with van der Waals surface area (Å²) in [5.41, 5.74) is 0. The molecule has 0 aromatic carbocycles. The molecule has 1 fully saturated rings. The molecule has 0 aromatic heterocycles. The predicted molar refractivity (Wildman–Crippen MR) is 164 cm³/mol. The Balaban J connectivity index is 2.29. The molecule has 0 unspecified atom stereocenters. The highest BCUT2D eigenvalue weighted by molar-refractivity contribution is 5.83. The van der Waals surface area contributed by atoms with Crippen molar-refractivity contribution >= 4 is 23.3 Å². The standard InChI is InChI=1S/C33H60N2O6/c1-25(2)34(21-30(37)17-13-9-8-12-16-28(7)36)22-31(38)18-14-10-11-15-19-33(39)35-23-32(41-27(5)6)20-29(35)24-40-26(3)4/h25-27,29,32H,8-24H2,1-7H3/t29-,32+/m0/s1. The smallest absolute Gasteiger partial charge is 0.222 e. The van der Waals surface area contributed by atoms with Crippen molar-refractivity contribution < 1.29 is 28.7 Å². The number of Topliss-reactive ketones (excluding diaryl/α,β-unsaturated/α-hetero) is 3. The maximum atomic E-state index is 13.0. The first kappa shape index (κ1) is 37.4. The number of carbonyl (C=O) groups excluding carboxylic acids is 4.